The van der Waals surface area contributed by atoms with Crippen molar-refractivity contribution >= 4 is 21.7 Å². The second-order valence-corrected chi connectivity index (χ2v) is 9.97. The lowest BCUT2D eigenvalue weighted by atomic mass is 9.94. The highest BCUT2D eigenvalue weighted by atomic mass is 32.2. The van der Waals surface area contributed by atoms with Gasteiger partial charge in [0.05, 0.1) is 28.1 Å². The minimum atomic E-state index is -3.67. The van der Waals surface area contributed by atoms with E-state index in [-0.39, 0.29) is 23.6 Å². The average Bonchev–Trinajstić information content (AvgIpc) is 3.33. The predicted molar refractivity (Wildman–Crippen MR) is 106 cm³/mol. The summed E-state index contributed by atoms with van der Waals surface area (Å²) in [6.45, 7) is 0.955. The molecule has 2 aliphatic carbocycles. The Morgan fingerprint density at radius 1 is 1.10 bits per heavy atom. The van der Waals surface area contributed by atoms with Crippen molar-refractivity contribution < 1.29 is 18.0 Å². The Labute approximate surface area is 171 Å². The van der Waals surface area contributed by atoms with Crippen LogP contribution in [-0.4, -0.2) is 51.2 Å². The molecule has 0 aromatic heterocycles. The highest BCUT2D eigenvalue weighted by Gasteiger charge is 2.51. The Balaban J connectivity index is 1.80. The van der Waals surface area contributed by atoms with Crippen LogP contribution in [0.1, 0.15) is 25.7 Å². The van der Waals surface area contributed by atoms with Gasteiger partial charge in [-0.2, -0.15) is 5.26 Å². The van der Waals surface area contributed by atoms with Gasteiger partial charge < -0.3 is 16.0 Å². The van der Waals surface area contributed by atoms with E-state index in [9.17, 15) is 23.3 Å². The average molecular weight is 419 g/mol. The normalized spacial score (nSPS) is 25.0. The van der Waals surface area contributed by atoms with E-state index < -0.39 is 38.4 Å². The van der Waals surface area contributed by atoms with E-state index >= 15 is 0 Å². The molecule has 0 saturated heterocycles. The number of nitrogens with one attached hydrogen (secondary N) is 3. The Morgan fingerprint density at radius 3 is 2.28 bits per heavy atom. The van der Waals surface area contributed by atoms with E-state index in [0.717, 1.165) is 0 Å². The zero-order valence-corrected chi connectivity index (χ0v) is 17.2. The van der Waals surface area contributed by atoms with Gasteiger partial charge in [-0.25, -0.2) is 8.42 Å². The van der Waals surface area contributed by atoms with Gasteiger partial charge in [0.2, 0.25) is 11.8 Å². The third-order valence-electron chi connectivity index (χ3n) is 5.70. The summed E-state index contributed by atoms with van der Waals surface area (Å²) in [5.41, 5.74) is -0.860. The lowest BCUT2D eigenvalue weighted by Crippen LogP contribution is -2.44. The van der Waals surface area contributed by atoms with Gasteiger partial charge in [0, 0.05) is 13.1 Å². The third-order valence-corrected chi connectivity index (χ3v) is 7.90. The lowest BCUT2D eigenvalue weighted by Gasteiger charge is -2.20. The number of rotatable bonds is 8. The van der Waals surface area contributed by atoms with E-state index in [1.54, 1.807) is 25.2 Å². The Bertz CT molecular complexity index is 906. The SMILES string of the molecule is CNCCNC(=O)[C@@H]1CC(S(=O)(=O)c2ccccc2)C[C@H]1C(=O)NC1(C#N)CC1. The maximum atomic E-state index is 13.1. The Kier molecular flexibility index (Phi) is 6.24. The zero-order chi connectivity index (χ0) is 21.1. The summed E-state index contributed by atoms with van der Waals surface area (Å²) in [5, 5.41) is 16.9. The molecule has 1 unspecified atom stereocenters. The molecule has 1 aromatic carbocycles. The van der Waals surface area contributed by atoms with Crippen LogP contribution in [0.15, 0.2) is 35.2 Å². The number of benzene rings is 1. The second-order valence-electron chi connectivity index (χ2n) is 7.74. The van der Waals surface area contributed by atoms with Crippen molar-refractivity contribution in [3.8, 4) is 6.07 Å². The molecule has 0 heterocycles. The molecular formula is C20H26N4O4S. The van der Waals surface area contributed by atoms with Gasteiger partial charge in [0.1, 0.15) is 5.54 Å². The highest BCUT2D eigenvalue weighted by molar-refractivity contribution is 7.92. The van der Waals surface area contributed by atoms with E-state index in [4.69, 9.17) is 0 Å². The first-order valence-corrected chi connectivity index (χ1v) is 11.3. The molecule has 2 fully saturated rings. The maximum Gasteiger partial charge on any atom is 0.225 e. The fourth-order valence-electron chi connectivity index (χ4n) is 3.79. The number of likely N-dealkylation sites (N-methyl/N-ethyl adjacent to an activating group) is 1. The molecule has 8 nitrogen and oxygen atoms in total. The Hall–Kier alpha value is -2.44. The smallest absolute Gasteiger partial charge is 0.225 e. The molecule has 3 N–H and O–H groups in total. The van der Waals surface area contributed by atoms with Crippen LogP contribution in [0.25, 0.3) is 0 Å². The largest absolute Gasteiger partial charge is 0.355 e. The molecule has 2 aliphatic rings. The molecule has 0 radical (unpaired) electrons. The van der Waals surface area contributed by atoms with E-state index in [1.807, 2.05) is 0 Å². The molecule has 2 saturated carbocycles. The number of nitrogens with zero attached hydrogens (tertiary/aromatic N) is 1. The summed E-state index contributed by atoms with van der Waals surface area (Å²) < 4.78 is 26.1. The van der Waals surface area contributed by atoms with Crippen molar-refractivity contribution in [1.29, 1.82) is 5.26 Å². The van der Waals surface area contributed by atoms with Crippen LogP contribution >= 0.6 is 0 Å². The molecule has 3 rings (SSSR count). The van der Waals surface area contributed by atoms with Gasteiger partial charge in [-0.15, -0.1) is 0 Å². The van der Waals surface area contributed by atoms with E-state index in [0.29, 0.717) is 25.9 Å². The third kappa shape index (κ3) is 4.60. The number of carbonyl (C=O) groups is 2. The molecule has 0 bridgehead atoms. The molecule has 29 heavy (non-hydrogen) atoms. The maximum absolute atomic E-state index is 13.1. The van der Waals surface area contributed by atoms with Crippen molar-refractivity contribution in [2.24, 2.45) is 11.8 Å². The van der Waals surface area contributed by atoms with Crippen LogP contribution in [0.3, 0.4) is 0 Å². The monoisotopic (exact) mass is 418 g/mol. The number of nitriles is 1. The standard InChI is InChI=1S/C20H26N4O4S/c1-22-9-10-23-18(25)16-11-15(29(27,28)14-5-3-2-4-6-14)12-17(16)19(26)24-20(13-21)7-8-20/h2-6,15-17,22H,7-12H2,1H3,(H,23,25)(H,24,26)/t15?,16-,17-/m1/s1. The molecule has 0 spiro atoms. The van der Waals surface area contributed by atoms with Gasteiger partial charge in [-0.1, -0.05) is 18.2 Å². The predicted octanol–water partition coefficient (Wildman–Crippen LogP) is 0.363. The van der Waals surface area contributed by atoms with Crippen LogP contribution in [0.5, 0.6) is 0 Å². The van der Waals surface area contributed by atoms with Crippen molar-refractivity contribution in [2.45, 2.75) is 41.4 Å². The molecule has 0 aliphatic heterocycles. The fourth-order valence-corrected chi connectivity index (χ4v) is 5.63. The minimum Gasteiger partial charge on any atom is -0.355 e. The van der Waals surface area contributed by atoms with Crippen LogP contribution < -0.4 is 16.0 Å². The summed E-state index contributed by atoms with van der Waals surface area (Å²) in [6.07, 6.45) is 1.30. The molecule has 156 valence electrons. The van der Waals surface area contributed by atoms with E-state index in [2.05, 4.69) is 22.0 Å². The summed E-state index contributed by atoms with van der Waals surface area (Å²) in [6, 6.07) is 10.2. The number of carbonyl (C=O) groups excluding carboxylic acids is 2. The fraction of sp³-hybridized carbons (Fsp3) is 0.550. The van der Waals surface area contributed by atoms with Gasteiger partial charge in [-0.3, -0.25) is 9.59 Å². The van der Waals surface area contributed by atoms with Gasteiger partial charge in [0.25, 0.3) is 0 Å². The summed E-state index contributed by atoms with van der Waals surface area (Å²) in [4.78, 5) is 25.8. The molecule has 1 aromatic rings. The van der Waals surface area contributed by atoms with Crippen molar-refractivity contribution in [1.82, 2.24) is 16.0 Å². The highest BCUT2D eigenvalue weighted by Crippen LogP contribution is 2.41. The van der Waals surface area contributed by atoms with Crippen molar-refractivity contribution in [2.75, 3.05) is 20.1 Å². The first-order chi connectivity index (χ1) is 13.8. The number of hydrogen-bond acceptors (Lipinski definition) is 6. The number of hydrogen-bond donors (Lipinski definition) is 3. The van der Waals surface area contributed by atoms with Crippen LogP contribution in [0.4, 0.5) is 0 Å². The number of sulfone groups is 1. The first-order valence-electron chi connectivity index (χ1n) is 9.77. The van der Waals surface area contributed by atoms with Gasteiger partial charge >= 0.3 is 0 Å². The number of amides is 2. The first kappa shape index (κ1) is 21.3. The second kappa shape index (κ2) is 8.51. The minimum absolute atomic E-state index is 0.0642. The van der Waals surface area contributed by atoms with Crippen LogP contribution in [0.2, 0.25) is 0 Å². The van der Waals surface area contributed by atoms with Gasteiger partial charge in [-0.05, 0) is 44.9 Å². The van der Waals surface area contributed by atoms with Crippen LogP contribution in [-0.2, 0) is 19.4 Å². The lowest BCUT2D eigenvalue weighted by molar-refractivity contribution is -0.134. The topological polar surface area (TPSA) is 128 Å². The summed E-state index contributed by atoms with van der Waals surface area (Å²) in [7, 11) is -1.91. The molecule has 9 heteroatoms. The van der Waals surface area contributed by atoms with E-state index in [1.165, 1.54) is 12.1 Å². The zero-order valence-electron chi connectivity index (χ0n) is 16.3. The van der Waals surface area contributed by atoms with Crippen LogP contribution in [0, 0.1) is 23.2 Å². The molecule has 2 amide bonds. The summed E-state index contributed by atoms with van der Waals surface area (Å²) in [5.74, 6) is -2.26. The van der Waals surface area contributed by atoms with Crippen molar-refractivity contribution in [3.63, 3.8) is 0 Å². The summed E-state index contributed by atoms with van der Waals surface area (Å²) >= 11 is 0. The Morgan fingerprint density at radius 2 is 1.72 bits per heavy atom. The van der Waals surface area contributed by atoms with Crippen molar-refractivity contribution in [3.05, 3.63) is 30.3 Å². The molecular weight excluding hydrogens is 392 g/mol. The molecule has 3 atom stereocenters. The van der Waals surface area contributed by atoms with Gasteiger partial charge in [0.15, 0.2) is 9.84 Å². The quantitative estimate of drug-likeness (QED) is 0.523.